The van der Waals surface area contributed by atoms with Gasteiger partial charge in [0.2, 0.25) is 0 Å². The number of carbonyl (C=O) groups excluding carboxylic acids is 1. The fraction of sp³-hybridized carbons (Fsp3) is 0.300. The number of esters is 1. The van der Waals surface area contributed by atoms with Crippen LogP contribution in [-0.4, -0.2) is 5.97 Å². The highest BCUT2D eigenvalue weighted by Crippen LogP contribution is 2.42. The van der Waals surface area contributed by atoms with Gasteiger partial charge < -0.3 is 4.74 Å². The van der Waals surface area contributed by atoms with E-state index in [1.807, 2.05) is 0 Å². The third-order valence-electron chi connectivity index (χ3n) is 1.75. The molecule has 0 unspecified atom stereocenters. The van der Waals surface area contributed by atoms with Crippen LogP contribution in [0, 0.1) is 5.92 Å². The van der Waals surface area contributed by atoms with Crippen molar-refractivity contribution >= 4 is 52.4 Å². The second-order valence-corrected chi connectivity index (χ2v) is 4.94. The molecule has 1 rings (SSSR count). The highest BCUT2D eigenvalue weighted by Gasteiger charge is 2.19. The van der Waals surface area contributed by atoms with Gasteiger partial charge in [0, 0.05) is 0 Å². The molecule has 0 amide bonds. The van der Waals surface area contributed by atoms with Gasteiger partial charge in [-0.05, 0) is 6.07 Å². The van der Waals surface area contributed by atoms with E-state index in [1.165, 1.54) is 6.07 Å². The molecular formula is C10H8Cl4O2. The lowest BCUT2D eigenvalue weighted by atomic mass is 10.2. The van der Waals surface area contributed by atoms with Crippen molar-refractivity contribution in [1.82, 2.24) is 0 Å². The van der Waals surface area contributed by atoms with E-state index < -0.39 is 5.97 Å². The number of hydrogen-bond donors (Lipinski definition) is 0. The molecule has 1 aromatic carbocycles. The van der Waals surface area contributed by atoms with Gasteiger partial charge in [0.05, 0.1) is 21.0 Å². The van der Waals surface area contributed by atoms with Crippen molar-refractivity contribution in [2.45, 2.75) is 13.8 Å². The Kier molecular flexibility index (Phi) is 4.74. The largest absolute Gasteiger partial charge is 0.423 e. The van der Waals surface area contributed by atoms with Gasteiger partial charge in [-0.25, -0.2) is 0 Å². The van der Waals surface area contributed by atoms with Crippen LogP contribution < -0.4 is 4.74 Å². The summed E-state index contributed by atoms with van der Waals surface area (Å²) in [6.45, 7) is 3.39. The first-order valence-corrected chi connectivity index (χ1v) is 5.90. The van der Waals surface area contributed by atoms with Gasteiger partial charge in [-0.2, -0.15) is 0 Å². The fourth-order valence-electron chi connectivity index (χ4n) is 0.862. The summed E-state index contributed by atoms with van der Waals surface area (Å²) in [5.41, 5.74) is 0. The number of carbonyl (C=O) groups is 1. The van der Waals surface area contributed by atoms with Gasteiger partial charge in [0.25, 0.3) is 0 Å². The predicted octanol–water partition coefficient (Wildman–Crippen LogP) is 4.86. The van der Waals surface area contributed by atoms with E-state index >= 15 is 0 Å². The Labute approximate surface area is 113 Å². The lowest BCUT2D eigenvalue weighted by Crippen LogP contribution is -2.15. The standard InChI is InChI=1S/C10H8Cl4O2/c1-4(2)10(15)16-9-6(12)3-5(11)7(13)8(9)14/h3-4H,1-2H3. The summed E-state index contributed by atoms with van der Waals surface area (Å²) in [7, 11) is 0. The average Bonchev–Trinajstić information content (AvgIpc) is 2.20. The summed E-state index contributed by atoms with van der Waals surface area (Å²) < 4.78 is 5.03. The Morgan fingerprint density at radius 2 is 1.69 bits per heavy atom. The summed E-state index contributed by atoms with van der Waals surface area (Å²) in [5, 5.41) is 0.502. The number of halogens is 4. The van der Waals surface area contributed by atoms with Crippen molar-refractivity contribution < 1.29 is 9.53 Å². The number of benzene rings is 1. The summed E-state index contributed by atoms with van der Waals surface area (Å²) in [5.74, 6) is -0.694. The van der Waals surface area contributed by atoms with Crippen LogP contribution in [0.25, 0.3) is 0 Å². The lowest BCUT2D eigenvalue weighted by molar-refractivity contribution is -0.137. The molecule has 0 N–H and O–H groups in total. The van der Waals surface area contributed by atoms with E-state index in [9.17, 15) is 4.79 Å². The van der Waals surface area contributed by atoms with Crippen LogP contribution in [0.3, 0.4) is 0 Å². The van der Waals surface area contributed by atoms with Crippen molar-refractivity contribution in [3.05, 3.63) is 26.2 Å². The number of hydrogen-bond acceptors (Lipinski definition) is 2. The van der Waals surface area contributed by atoms with Crippen molar-refractivity contribution in [2.24, 2.45) is 5.92 Å². The Balaban J connectivity index is 3.15. The minimum Gasteiger partial charge on any atom is -0.423 e. The molecule has 0 saturated heterocycles. The van der Waals surface area contributed by atoms with Gasteiger partial charge in [0.1, 0.15) is 5.02 Å². The Morgan fingerprint density at radius 3 is 2.19 bits per heavy atom. The zero-order valence-corrected chi connectivity index (χ0v) is 11.5. The van der Waals surface area contributed by atoms with E-state index in [4.69, 9.17) is 51.1 Å². The highest BCUT2D eigenvalue weighted by atomic mass is 35.5. The fourth-order valence-corrected chi connectivity index (χ4v) is 1.84. The maximum Gasteiger partial charge on any atom is 0.313 e. The Bertz CT molecular complexity index is 429. The first-order chi connectivity index (χ1) is 7.34. The van der Waals surface area contributed by atoms with Crippen LogP contribution in [0.2, 0.25) is 20.1 Å². The van der Waals surface area contributed by atoms with Crippen molar-refractivity contribution in [2.75, 3.05) is 0 Å². The van der Waals surface area contributed by atoms with Crippen LogP contribution in [0.1, 0.15) is 13.8 Å². The van der Waals surface area contributed by atoms with Gasteiger partial charge in [-0.1, -0.05) is 60.3 Å². The summed E-state index contributed by atoms with van der Waals surface area (Å²) in [4.78, 5) is 11.4. The number of rotatable bonds is 2. The summed E-state index contributed by atoms with van der Waals surface area (Å²) >= 11 is 23.3. The van der Waals surface area contributed by atoms with Crippen LogP contribution in [-0.2, 0) is 4.79 Å². The molecule has 2 nitrogen and oxygen atoms in total. The average molecular weight is 302 g/mol. The van der Waals surface area contributed by atoms with Crippen molar-refractivity contribution in [3.8, 4) is 5.75 Å². The SMILES string of the molecule is CC(C)C(=O)Oc1c(Cl)cc(Cl)c(Cl)c1Cl. The molecule has 0 heterocycles. The second-order valence-electron chi connectivity index (χ2n) is 3.37. The lowest BCUT2D eigenvalue weighted by Gasteiger charge is -2.11. The molecular weight excluding hydrogens is 294 g/mol. The van der Waals surface area contributed by atoms with Crippen LogP contribution in [0.15, 0.2) is 6.07 Å². The summed E-state index contributed by atoms with van der Waals surface area (Å²) in [6.07, 6.45) is 0. The third-order valence-corrected chi connectivity index (χ3v) is 3.27. The first-order valence-electron chi connectivity index (χ1n) is 4.39. The second kappa shape index (κ2) is 5.46. The van der Waals surface area contributed by atoms with Gasteiger partial charge >= 0.3 is 5.97 Å². The van der Waals surface area contributed by atoms with Gasteiger partial charge in [0.15, 0.2) is 5.75 Å². The molecule has 0 aliphatic rings. The maximum absolute atomic E-state index is 11.4. The van der Waals surface area contributed by atoms with E-state index in [2.05, 4.69) is 0 Å². The van der Waals surface area contributed by atoms with Crippen LogP contribution in [0.4, 0.5) is 0 Å². The summed E-state index contributed by atoms with van der Waals surface area (Å²) in [6, 6.07) is 1.38. The van der Waals surface area contributed by atoms with Gasteiger partial charge in [-0.3, -0.25) is 4.79 Å². The molecule has 0 aliphatic heterocycles. The van der Waals surface area contributed by atoms with Crippen molar-refractivity contribution in [1.29, 1.82) is 0 Å². The molecule has 16 heavy (non-hydrogen) atoms. The molecule has 0 aromatic heterocycles. The molecule has 0 atom stereocenters. The van der Waals surface area contributed by atoms with E-state index in [0.717, 1.165) is 0 Å². The first kappa shape index (κ1) is 13.9. The monoisotopic (exact) mass is 300 g/mol. The third kappa shape index (κ3) is 2.95. The molecule has 1 aromatic rings. The molecule has 0 spiro atoms. The molecule has 6 heteroatoms. The van der Waals surface area contributed by atoms with Crippen LogP contribution in [0.5, 0.6) is 5.75 Å². The quantitative estimate of drug-likeness (QED) is 0.337. The molecule has 88 valence electrons. The Morgan fingerprint density at radius 1 is 1.12 bits per heavy atom. The molecule has 0 aliphatic carbocycles. The minimum atomic E-state index is -0.442. The van der Waals surface area contributed by atoms with E-state index in [0.29, 0.717) is 0 Å². The number of ether oxygens (including phenoxy) is 1. The Hall–Kier alpha value is -0.150. The highest BCUT2D eigenvalue weighted by molar-refractivity contribution is 6.50. The molecule has 0 saturated carbocycles. The molecule has 0 bridgehead atoms. The predicted molar refractivity (Wildman–Crippen MR) is 67.0 cm³/mol. The zero-order chi connectivity index (χ0) is 12.5. The smallest absolute Gasteiger partial charge is 0.313 e. The van der Waals surface area contributed by atoms with E-state index in [1.54, 1.807) is 13.8 Å². The van der Waals surface area contributed by atoms with Crippen LogP contribution >= 0.6 is 46.4 Å². The zero-order valence-electron chi connectivity index (χ0n) is 8.48. The minimum absolute atomic E-state index is 0.0353. The molecule has 0 fully saturated rings. The van der Waals surface area contributed by atoms with Gasteiger partial charge in [-0.15, -0.1) is 0 Å². The topological polar surface area (TPSA) is 26.3 Å². The normalized spacial score (nSPS) is 10.7. The van der Waals surface area contributed by atoms with E-state index in [-0.39, 0.29) is 31.8 Å². The van der Waals surface area contributed by atoms with Crippen molar-refractivity contribution in [3.63, 3.8) is 0 Å². The maximum atomic E-state index is 11.4. The molecule has 0 radical (unpaired) electrons.